The Morgan fingerprint density at radius 3 is 1.53 bits per heavy atom. The number of rotatable bonds is 13. The summed E-state index contributed by atoms with van der Waals surface area (Å²) in [6.45, 7) is 6.52. The molecule has 174 valence electrons. The van der Waals surface area contributed by atoms with Crippen LogP contribution in [0.2, 0.25) is 0 Å². The van der Waals surface area contributed by atoms with Gasteiger partial charge in [-0.25, -0.2) is 0 Å². The van der Waals surface area contributed by atoms with Gasteiger partial charge in [-0.15, -0.1) is 0 Å². The molecule has 2 aliphatic carbocycles. The van der Waals surface area contributed by atoms with Crippen LogP contribution < -0.4 is 0 Å². The summed E-state index contributed by atoms with van der Waals surface area (Å²) < 4.78 is 22.3. The highest BCUT2D eigenvalue weighted by molar-refractivity contribution is 5.70. The molecule has 2 aliphatic rings. The Labute approximate surface area is 182 Å². The van der Waals surface area contributed by atoms with Gasteiger partial charge in [-0.1, -0.05) is 12.8 Å². The van der Waals surface area contributed by atoms with Gasteiger partial charge in [-0.2, -0.15) is 0 Å². The summed E-state index contributed by atoms with van der Waals surface area (Å²) in [4.78, 5) is 23.9. The molecule has 2 fully saturated rings. The van der Waals surface area contributed by atoms with E-state index in [9.17, 15) is 9.59 Å². The second-order valence-electron chi connectivity index (χ2n) is 8.79. The maximum absolute atomic E-state index is 12.0. The van der Waals surface area contributed by atoms with Gasteiger partial charge in [-0.05, 0) is 77.0 Å². The fourth-order valence-corrected chi connectivity index (χ4v) is 4.66. The van der Waals surface area contributed by atoms with Crippen LogP contribution in [-0.2, 0) is 28.5 Å². The molecule has 2 saturated carbocycles. The normalized spacial score (nSPS) is 26.9. The monoisotopic (exact) mass is 426 g/mol. The molecule has 4 unspecified atom stereocenters. The van der Waals surface area contributed by atoms with Crippen molar-refractivity contribution < 1.29 is 28.5 Å². The van der Waals surface area contributed by atoms with Crippen molar-refractivity contribution in [3.05, 3.63) is 0 Å². The Morgan fingerprint density at radius 1 is 0.700 bits per heavy atom. The lowest BCUT2D eigenvalue weighted by molar-refractivity contribution is -0.148. The van der Waals surface area contributed by atoms with E-state index < -0.39 is 0 Å². The molecule has 0 aromatic carbocycles. The summed E-state index contributed by atoms with van der Waals surface area (Å²) in [5.74, 6) is 0.504. The first-order chi connectivity index (χ1) is 14.6. The molecular weight excluding hydrogens is 384 g/mol. The van der Waals surface area contributed by atoms with Gasteiger partial charge >= 0.3 is 11.9 Å². The smallest absolute Gasteiger partial charge is 0.305 e. The Bertz CT molecular complexity index is 446. The van der Waals surface area contributed by atoms with Crippen LogP contribution in [0.3, 0.4) is 0 Å². The van der Waals surface area contributed by atoms with Gasteiger partial charge in [0.15, 0.2) is 0 Å². The molecule has 0 aliphatic heterocycles. The zero-order valence-corrected chi connectivity index (χ0v) is 19.1. The predicted molar refractivity (Wildman–Crippen MR) is 115 cm³/mol. The van der Waals surface area contributed by atoms with E-state index in [1.54, 1.807) is 0 Å². The Balaban J connectivity index is 1.48. The maximum atomic E-state index is 12.0. The van der Waals surface area contributed by atoms with Crippen molar-refractivity contribution in [1.82, 2.24) is 0 Å². The molecule has 2 rings (SSSR count). The summed E-state index contributed by atoms with van der Waals surface area (Å²) in [6.07, 6.45) is 11.4. The van der Waals surface area contributed by atoms with Crippen LogP contribution in [0, 0.1) is 11.8 Å². The van der Waals surface area contributed by atoms with Crippen LogP contribution in [0.25, 0.3) is 0 Å². The van der Waals surface area contributed by atoms with E-state index in [1.807, 2.05) is 13.8 Å². The highest BCUT2D eigenvalue weighted by Gasteiger charge is 2.24. The van der Waals surface area contributed by atoms with Gasteiger partial charge in [0.05, 0.1) is 25.4 Å². The van der Waals surface area contributed by atoms with Crippen molar-refractivity contribution in [2.24, 2.45) is 11.8 Å². The lowest BCUT2D eigenvalue weighted by Crippen LogP contribution is -2.26. The van der Waals surface area contributed by atoms with Crippen molar-refractivity contribution in [1.29, 1.82) is 0 Å². The molecule has 4 atom stereocenters. The average molecular weight is 427 g/mol. The third-order valence-electron chi connectivity index (χ3n) is 6.25. The van der Waals surface area contributed by atoms with Crippen LogP contribution in [-0.4, -0.2) is 50.6 Å². The largest absolute Gasteiger partial charge is 0.465 e. The van der Waals surface area contributed by atoms with Gasteiger partial charge in [-0.3, -0.25) is 9.59 Å². The summed E-state index contributed by atoms with van der Waals surface area (Å²) >= 11 is 0. The van der Waals surface area contributed by atoms with Gasteiger partial charge in [0.1, 0.15) is 0 Å². The number of ether oxygens (including phenoxy) is 4. The molecule has 30 heavy (non-hydrogen) atoms. The minimum absolute atomic E-state index is 0.161. The molecule has 0 bridgehead atoms. The summed E-state index contributed by atoms with van der Waals surface area (Å²) in [5, 5.41) is 0. The molecule has 0 spiro atoms. The molecule has 0 aromatic heterocycles. The van der Waals surface area contributed by atoms with Crippen LogP contribution in [0.1, 0.15) is 90.9 Å². The van der Waals surface area contributed by atoms with Crippen molar-refractivity contribution >= 4 is 11.9 Å². The number of hydrogen-bond acceptors (Lipinski definition) is 6. The van der Waals surface area contributed by atoms with Crippen LogP contribution in [0.4, 0.5) is 0 Å². The maximum Gasteiger partial charge on any atom is 0.305 e. The number of carbonyl (C=O) groups is 2. The highest BCUT2D eigenvalue weighted by Crippen LogP contribution is 2.27. The van der Waals surface area contributed by atoms with Crippen LogP contribution in [0.5, 0.6) is 0 Å². The Hall–Kier alpha value is -1.14. The van der Waals surface area contributed by atoms with E-state index in [1.165, 1.54) is 0 Å². The first-order valence-corrected chi connectivity index (χ1v) is 12.1. The van der Waals surface area contributed by atoms with Crippen molar-refractivity contribution in [2.45, 2.75) is 103 Å². The Morgan fingerprint density at radius 2 is 1.13 bits per heavy atom. The molecule has 6 nitrogen and oxygen atoms in total. The van der Waals surface area contributed by atoms with Gasteiger partial charge < -0.3 is 18.9 Å². The fraction of sp³-hybridized carbons (Fsp3) is 0.917. The van der Waals surface area contributed by atoms with E-state index in [4.69, 9.17) is 18.9 Å². The number of carbonyl (C=O) groups excluding carboxylic acids is 2. The molecular formula is C24H42O6. The minimum Gasteiger partial charge on any atom is -0.465 e. The molecule has 0 heterocycles. The molecule has 0 saturated heterocycles. The van der Waals surface area contributed by atoms with E-state index in [-0.39, 0.29) is 11.9 Å². The molecule has 0 aromatic rings. The molecule has 0 N–H and O–H groups in total. The van der Waals surface area contributed by atoms with Gasteiger partial charge in [0.2, 0.25) is 0 Å². The molecule has 0 radical (unpaired) electrons. The zero-order valence-electron chi connectivity index (χ0n) is 19.1. The van der Waals surface area contributed by atoms with E-state index in [0.717, 1.165) is 64.6 Å². The quantitative estimate of drug-likeness (QED) is 0.310. The van der Waals surface area contributed by atoms with Gasteiger partial charge in [0, 0.05) is 26.1 Å². The van der Waals surface area contributed by atoms with Gasteiger partial charge in [0.25, 0.3) is 0 Å². The zero-order chi connectivity index (χ0) is 21.6. The highest BCUT2D eigenvalue weighted by atomic mass is 16.5. The lowest BCUT2D eigenvalue weighted by Gasteiger charge is -2.28. The Kier molecular flexibility index (Phi) is 12.4. The third kappa shape index (κ3) is 10.3. The molecule has 0 amide bonds. The summed E-state index contributed by atoms with van der Waals surface area (Å²) in [5.41, 5.74) is 0. The fourth-order valence-electron chi connectivity index (χ4n) is 4.66. The second-order valence-corrected chi connectivity index (χ2v) is 8.79. The third-order valence-corrected chi connectivity index (χ3v) is 6.25. The number of unbranched alkanes of at least 4 members (excludes halogenated alkanes) is 1. The summed E-state index contributed by atoms with van der Waals surface area (Å²) in [7, 11) is 0. The predicted octanol–water partition coefficient (Wildman–Crippen LogP) is 4.82. The van der Waals surface area contributed by atoms with Crippen molar-refractivity contribution in [2.75, 3.05) is 26.4 Å². The average Bonchev–Trinajstić information content (AvgIpc) is 2.75. The van der Waals surface area contributed by atoms with Crippen LogP contribution >= 0.6 is 0 Å². The lowest BCUT2D eigenvalue weighted by atomic mass is 9.88. The standard InChI is InChI=1S/C24H42O6/c1-3-27-21-11-7-9-19(15-21)17-29-23(25)13-5-6-14-24(26)30-18-20-10-8-12-22(16-20)28-4-2/h19-22H,3-18H2,1-2H3. The minimum atomic E-state index is -0.161. The van der Waals surface area contributed by atoms with Crippen molar-refractivity contribution in [3.8, 4) is 0 Å². The van der Waals surface area contributed by atoms with Crippen molar-refractivity contribution in [3.63, 3.8) is 0 Å². The SMILES string of the molecule is CCOC1CCCC(COC(=O)CCCCC(=O)OCC2CCCC(OCC)C2)C1. The first kappa shape index (κ1) is 25.1. The second kappa shape index (κ2) is 14.8. The summed E-state index contributed by atoms with van der Waals surface area (Å²) in [6, 6.07) is 0. The number of esters is 2. The first-order valence-electron chi connectivity index (χ1n) is 12.1. The van der Waals surface area contributed by atoms with E-state index >= 15 is 0 Å². The van der Waals surface area contributed by atoms with E-state index in [0.29, 0.717) is 62.9 Å². The molecule has 6 heteroatoms. The topological polar surface area (TPSA) is 71.1 Å². The van der Waals surface area contributed by atoms with E-state index in [2.05, 4.69) is 0 Å². The van der Waals surface area contributed by atoms with Crippen LogP contribution in [0.15, 0.2) is 0 Å². The number of hydrogen-bond donors (Lipinski definition) is 0.